The maximum atomic E-state index is 12.7. The summed E-state index contributed by atoms with van der Waals surface area (Å²) in [5.41, 5.74) is 2.52. The molecule has 1 amide bonds. The van der Waals surface area contributed by atoms with E-state index in [4.69, 9.17) is 11.6 Å². The highest BCUT2D eigenvalue weighted by molar-refractivity contribution is 7.88. The van der Waals surface area contributed by atoms with Crippen molar-refractivity contribution >= 4 is 39.1 Å². The largest absolute Gasteiger partial charge is 0.344 e. The Kier molecular flexibility index (Phi) is 5.34. The number of aryl methyl sites for hydroxylation is 1. The lowest BCUT2D eigenvalue weighted by atomic mass is 10.1. The second-order valence-electron chi connectivity index (χ2n) is 6.14. The van der Waals surface area contributed by atoms with Crippen LogP contribution in [0.4, 0.5) is 5.69 Å². The molecule has 6 nitrogen and oxygen atoms in total. The first-order valence-electron chi connectivity index (χ1n) is 8.18. The second-order valence-corrected chi connectivity index (χ2v) is 8.13. The van der Waals surface area contributed by atoms with E-state index in [-0.39, 0.29) is 17.8 Å². The lowest BCUT2D eigenvalue weighted by Crippen LogP contribution is -2.32. The smallest absolute Gasteiger partial charge is 0.322 e. The summed E-state index contributed by atoms with van der Waals surface area (Å²) >= 11 is 5.94. The number of nitrogens with zero attached hydrogens (tertiary/aromatic N) is 2. The first-order valence-corrected chi connectivity index (χ1v) is 9.96. The molecule has 8 heteroatoms. The molecule has 2 aromatic rings. The molecule has 1 aliphatic heterocycles. The molecule has 1 heterocycles. The molecule has 0 saturated carbocycles. The van der Waals surface area contributed by atoms with E-state index in [1.807, 2.05) is 37.3 Å². The SMILES string of the molecule is CC1=NS(=O)(=O)N(Cc2ccccc2)C=C1C(=O)Nc1ccc(Cl)cc1C. The fourth-order valence-electron chi connectivity index (χ4n) is 2.65. The van der Waals surface area contributed by atoms with Crippen LogP contribution in [0.25, 0.3) is 0 Å². The number of hydrogen-bond donors (Lipinski definition) is 1. The van der Waals surface area contributed by atoms with E-state index < -0.39 is 16.1 Å². The van der Waals surface area contributed by atoms with Gasteiger partial charge in [-0.1, -0.05) is 41.9 Å². The summed E-state index contributed by atoms with van der Waals surface area (Å²) in [6.45, 7) is 3.41. The van der Waals surface area contributed by atoms with Crippen molar-refractivity contribution in [1.29, 1.82) is 0 Å². The fraction of sp³-hybridized carbons (Fsp3) is 0.158. The average Bonchev–Trinajstić information content (AvgIpc) is 2.60. The van der Waals surface area contributed by atoms with Crippen molar-refractivity contribution in [1.82, 2.24) is 4.31 Å². The summed E-state index contributed by atoms with van der Waals surface area (Å²) < 4.78 is 29.5. The van der Waals surface area contributed by atoms with E-state index in [9.17, 15) is 13.2 Å². The molecule has 27 heavy (non-hydrogen) atoms. The maximum Gasteiger partial charge on any atom is 0.344 e. The second kappa shape index (κ2) is 7.54. The molecule has 1 N–H and O–H groups in total. The minimum absolute atomic E-state index is 0.0940. The molecule has 0 spiro atoms. The number of halogens is 1. The number of anilines is 1. The number of nitrogens with one attached hydrogen (secondary N) is 1. The van der Waals surface area contributed by atoms with Gasteiger partial charge in [0.25, 0.3) is 5.91 Å². The standard InChI is InChI=1S/C19H18ClN3O3S/c1-13-10-16(20)8-9-18(13)21-19(24)17-12-23(27(25,26)22-14(17)2)11-15-6-4-3-5-7-15/h3-10,12H,11H2,1-2H3,(H,21,24). The minimum Gasteiger partial charge on any atom is -0.322 e. The first kappa shape index (κ1) is 19.1. The van der Waals surface area contributed by atoms with Gasteiger partial charge >= 0.3 is 10.2 Å². The molecule has 0 unspecified atom stereocenters. The average molecular weight is 404 g/mol. The van der Waals surface area contributed by atoms with Crippen molar-refractivity contribution in [2.45, 2.75) is 20.4 Å². The van der Waals surface area contributed by atoms with E-state index in [0.29, 0.717) is 10.7 Å². The van der Waals surface area contributed by atoms with E-state index in [1.165, 1.54) is 13.1 Å². The summed E-state index contributed by atoms with van der Waals surface area (Å²) in [7, 11) is -3.88. The van der Waals surface area contributed by atoms with Crippen LogP contribution in [-0.2, 0) is 21.5 Å². The molecule has 0 saturated heterocycles. The van der Waals surface area contributed by atoms with Crippen molar-refractivity contribution < 1.29 is 13.2 Å². The monoisotopic (exact) mass is 403 g/mol. The predicted molar refractivity (Wildman–Crippen MR) is 107 cm³/mol. The number of amides is 1. The molecule has 2 aromatic carbocycles. The molecule has 0 fully saturated rings. The van der Waals surface area contributed by atoms with Gasteiger partial charge < -0.3 is 5.32 Å². The number of rotatable bonds is 4. The van der Waals surface area contributed by atoms with Crippen LogP contribution in [0.2, 0.25) is 5.02 Å². The van der Waals surface area contributed by atoms with Gasteiger partial charge in [-0.15, -0.1) is 4.40 Å². The Labute approximate surface area is 163 Å². The Balaban J connectivity index is 1.88. The molecule has 140 valence electrons. The Bertz CT molecular complexity index is 1050. The van der Waals surface area contributed by atoms with Gasteiger partial charge in [-0.3, -0.25) is 9.10 Å². The number of carbonyl (C=O) groups excluding carboxylic acids is 1. The summed E-state index contributed by atoms with van der Waals surface area (Å²) in [4.78, 5) is 12.7. The topological polar surface area (TPSA) is 78.8 Å². The van der Waals surface area contributed by atoms with E-state index >= 15 is 0 Å². The van der Waals surface area contributed by atoms with Crippen molar-refractivity contribution in [3.8, 4) is 0 Å². The van der Waals surface area contributed by atoms with Crippen LogP contribution in [0.5, 0.6) is 0 Å². The van der Waals surface area contributed by atoms with Crippen LogP contribution in [0.3, 0.4) is 0 Å². The quantitative estimate of drug-likeness (QED) is 0.845. The Hall–Kier alpha value is -2.64. The highest BCUT2D eigenvalue weighted by atomic mass is 35.5. The van der Waals surface area contributed by atoms with Crippen LogP contribution >= 0.6 is 11.6 Å². The lowest BCUT2D eigenvalue weighted by molar-refractivity contribution is -0.112. The van der Waals surface area contributed by atoms with E-state index in [0.717, 1.165) is 15.4 Å². The predicted octanol–water partition coefficient (Wildman–Crippen LogP) is 3.69. The van der Waals surface area contributed by atoms with E-state index in [1.54, 1.807) is 18.2 Å². The van der Waals surface area contributed by atoms with Crippen LogP contribution < -0.4 is 5.32 Å². The van der Waals surface area contributed by atoms with Crippen molar-refractivity contribution in [3.63, 3.8) is 0 Å². The van der Waals surface area contributed by atoms with Gasteiger partial charge in [0, 0.05) is 16.9 Å². The molecule has 0 radical (unpaired) electrons. The van der Waals surface area contributed by atoms with Gasteiger partial charge in [0.15, 0.2) is 0 Å². The van der Waals surface area contributed by atoms with Gasteiger partial charge in [0.2, 0.25) is 0 Å². The van der Waals surface area contributed by atoms with Crippen LogP contribution in [0.1, 0.15) is 18.1 Å². The summed E-state index contributed by atoms with van der Waals surface area (Å²) in [6.07, 6.45) is 1.32. The lowest BCUT2D eigenvalue weighted by Gasteiger charge is -2.24. The molecule has 0 atom stereocenters. The van der Waals surface area contributed by atoms with Crippen LogP contribution in [-0.4, -0.2) is 24.3 Å². The molecular formula is C19H18ClN3O3S. The van der Waals surface area contributed by atoms with Crippen LogP contribution in [0.15, 0.2) is 64.7 Å². The van der Waals surface area contributed by atoms with Gasteiger partial charge in [0.1, 0.15) is 0 Å². The summed E-state index contributed by atoms with van der Waals surface area (Å²) in [6, 6.07) is 14.2. The third-order valence-corrected chi connectivity index (χ3v) is 5.64. The third kappa shape index (κ3) is 4.37. The van der Waals surface area contributed by atoms with Crippen molar-refractivity contribution in [2.75, 3.05) is 5.32 Å². The first-order chi connectivity index (χ1) is 12.8. The molecular weight excluding hydrogens is 386 g/mol. The Morgan fingerprint density at radius 1 is 1.15 bits per heavy atom. The van der Waals surface area contributed by atoms with Gasteiger partial charge in [-0.2, -0.15) is 8.42 Å². The zero-order valence-corrected chi connectivity index (χ0v) is 16.4. The molecule has 1 aliphatic rings. The normalized spacial score (nSPS) is 15.7. The fourth-order valence-corrected chi connectivity index (χ4v) is 3.98. The maximum absolute atomic E-state index is 12.7. The Morgan fingerprint density at radius 3 is 2.52 bits per heavy atom. The minimum atomic E-state index is -3.88. The van der Waals surface area contributed by atoms with E-state index in [2.05, 4.69) is 9.71 Å². The highest BCUT2D eigenvalue weighted by Gasteiger charge is 2.28. The van der Waals surface area contributed by atoms with Gasteiger partial charge in [-0.25, -0.2) is 0 Å². The number of benzene rings is 2. The highest BCUT2D eigenvalue weighted by Crippen LogP contribution is 2.23. The van der Waals surface area contributed by atoms with Gasteiger partial charge in [-0.05, 0) is 43.2 Å². The molecule has 0 bridgehead atoms. The molecule has 0 aliphatic carbocycles. The summed E-state index contributed by atoms with van der Waals surface area (Å²) in [5, 5.41) is 3.35. The molecule has 3 rings (SSSR count). The third-order valence-electron chi connectivity index (χ3n) is 4.07. The number of hydrogen-bond acceptors (Lipinski definition) is 3. The van der Waals surface area contributed by atoms with Gasteiger partial charge in [0.05, 0.1) is 17.8 Å². The Morgan fingerprint density at radius 2 is 1.85 bits per heavy atom. The van der Waals surface area contributed by atoms with Crippen molar-refractivity contribution in [3.05, 3.63) is 76.5 Å². The summed E-state index contributed by atoms with van der Waals surface area (Å²) in [5.74, 6) is -0.436. The molecule has 0 aromatic heterocycles. The number of carbonyl (C=O) groups is 1. The zero-order chi connectivity index (χ0) is 19.6. The van der Waals surface area contributed by atoms with Crippen LogP contribution in [0, 0.1) is 6.92 Å². The van der Waals surface area contributed by atoms with Crippen molar-refractivity contribution in [2.24, 2.45) is 4.40 Å². The zero-order valence-electron chi connectivity index (χ0n) is 14.8.